The van der Waals surface area contributed by atoms with Crippen LogP contribution in [0.2, 0.25) is 0 Å². The Bertz CT molecular complexity index is 1830. The summed E-state index contributed by atoms with van der Waals surface area (Å²) >= 11 is 0. The van der Waals surface area contributed by atoms with Crippen LogP contribution >= 0.6 is 0 Å². The molecular formula is C35H35NO14. The molecule has 264 valence electrons. The van der Waals surface area contributed by atoms with Crippen molar-refractivity contribution in [3.8, 4) is 17.2 Å². The third-order valence-corrected chi connectivity index (χ3v) is 9.03. The minimum absolute atomic E-state index is 0.0382. The van der Waals surface area contributed by atoms with Crippen LogP contribution in [0.3, 0.4) is 0 Å². The number of hydrogen-bond donors (Lipinski definition) is 7. The Morgan fingerprint density at radius 3 is 2.52 bits per heavy atom. The van der Waals surface area contributed by atoms with Crippen LogP contribution in [0.15, 0.2) is 72.8 Å². The number of carbonyl (C=O) groups excluding carboxylic acids is 2. The van der Waals surface area contributed by atoms with E-state index in [1.54, 1.807) is 42.5 Å². The fourth-order valence-corrected chi connectivity index (χ4v) is 6.19. The molecule has 3 aliphatic heterocycles. The third kappa shape index (κ3) is 6.53. The van der Waals surface area contributed by atoms with Crippen LogP contribution in [0.1, 0.15) is 38.9 Å². The van der Waals surface area contributed by atoms with Gasteiger partial charge in [-0.05, 0) is 42.0 Å². The number of carbonyl (C=O) groups is 2. The molecule has 7 rings (SSSR count). The summed E-state index contributed by atoms with van der Waals surface area (Å²) in [6.45, 7) is -1.83. The van der Waals surface area contributed by atoms with E-state index in [9.17, 15) is 40.2 Å². The number of fused-ring (bicyclic) bond motifs is 2. The van der Waals surface area contributed by atoms with Gasteiger partial charge in [-0.2, -0.15) is 0 Å². The number of phenols is 1. The largest absolute Gasteiger partial charge is 0.508 e. The lowest BCUT2D eigenvalue weighted by atomic mass is 9.96. The smallest absolute Gasteiger partial charge is 0.354 e. The predicted molar refractivity (Wildman–Crippen MR) is 169 cm³/mol. The first-order chi connectivity index (χ1) is 24.0. The fraction of sp³-hybridized carbons (Fsp3) is 0.371. The Balaban J connectivity index is 1.01. The van der Waals surface area contributed by atoms with Crippen molar-refractivity contribution in [3.63, 3.8) is 0 Å². The Morgan fingerprint density at radius 1 is 0.980 bits per heavy atom. The predicted octanol–water partition coefficient (Wildman–Crippen LogP) is 1.09. The van der Waals surface area contributed by atoms with E-state index in [1.807, 2.05) is 12.1 Å². The number of rotatable bonds is 9. The number of ether oxygens (including phenoxy) is 6. The molecule has 4 aromatic rings. The van der Waals surface area contributed by atoms with Crippen molar-refractivity contribution in [2.75, 3.05) is 19.8 Å². The number of phenolic OH excluding ortho intramolecular Hbond substituents is 1. The van der Waals surface area contributed by atoms with E-state index < -0.39 is 80.6 Å². The van der Waals surface area contributed by atoms with Gasteiger partial charge in [0.1, 0.15) is 60.1 Å². The van der Waals surface area contributed by atoms with Crippen molar-refractivity contribution in [2.24, 2.45) is 0 Å². The van der Waals surface area contributed by atoms with Gasteiger partial charge in [0.15, 0.2) is 23.8 Å². The van der Waals surface area contributed by atoms with Gasteiger partial charge in [-0.1, -0.05) is 30.3 Å². The number of aliphatic hydroxyl groups is 5. The highest BCUT2D eigenvalue weighted by Crippen LogP contribution is 2.38. The number of aliphatic hydroxyl groups excluding tert-OH is 4. The number of H-pyrrole nitrogens is 1. The molecule has 50 heavy (non-hydrogen) atoms. The number of aromatic nitrogens is 1. The highest BCUT2D eigenvalue weighted by Gasteiger charge is 2.54. The van der Waals surface area contributed by atoms with E-state index in [-0.39, 0.29) is 35.1 Å². The molecule has 7 N–H and O–H groups in total. The van der Waals surface area contributed by atoms with Crippen LogP contribution in [-0.4, -0.2) is 116 Å². The van der Waals surface area contributed by atoms with E-state index in [0.29, 0.717) is 16.6 Å². The second-order valence-electron chi connectivity index (χ2n) is 12.5. The molecule has 2 fully saturated rings. The van der Waals surface area contributed by atoms with E-state index in [4.69, 9.17) is 28.4 Å². The van der Waals surface area contributed by atoms with E-state index in [2.05, 4.69) is 4.98 Å². The molecule has 0 unspecified atom stereocenters. The molecular weight excluding hydrogens is 658 g/mol. The lowest BCUT2D eigenvalue weighted by Gasteiger charge is -2.42. The minimum Gasteiger partial charge on any atom is -0.508 e. The van der Waals surface area contributed by atoms with Crippen LogP contribution in [0.4, 0.5) is 0 Å². The molecule has 15 nitrogen and oxygen atoms in total. The summed E-state index contributed by atoms with van der Waals surface area (Å²) in [7, 11) is 0. The molecule has 3 aliphatic rings. The minimum atomic E-state index is -2.09. The molecule has 0 spiro atoms. The molecule has 0 aliphatic carbocycles. The van der Waals surface area contributed by atoms with Gasteiger partial charge in [-0.25, -0.2) is 4.79 Å². The number of aromatic amines is 1. The average molecular weight is 694 g/mol. The van der Waals surface area contributed by atoms with Crippen molar-refractivity contribution in [1.29, 1.82) is 0 Å². The fourth-order valence-electron chi connectivity index (χ4n) is 6.19. The molecule has 9 atom stereocenters. The number of hydrogen-bond acceptors (Lipinski definition) is 14. The maximum atomic E-state index is 12.7. The lowest BCUT2D eigenvalue weighted by Crippen LogP contribution is -2.62. The van der Waals surface area contributed by atoms with Crippen LogP contribution in [0.5, 0.6) is 17.2 Å². The number of Topliss-reactive ketones (excluding diaryl/α,β-unsaturated/α-hetero) is 1. The summed E-state index contributed by atoms with van der Waals surface area (Å²) < 4.78 is 34.2. The number of esters is 1. The topological polar surface area (TPSA) is 227 Å². The normalized spacial score (nSPS) is 30.9. The molecule has 1 aromatic heterocycles. The van der Waals surface area contributed by atoms with Gasteiger partial charge < -0.3 is 64.0 Å². The third-order valence-electron chi connectivity index (χ3n) is 9.03. The zero-order valence-electron chi connectivity index (χ0n) is 26.3. The van der Waals surface area contributed by atoms with E-state index in [1.165, 1.54) is 18.2 Å². The molecule has 0 saturated carbocycles. The number of para-hydroxylation sites is 1. The van der Waals surface area contributed by atoms with Crippen molar-refractivity contribution < 1.29 is 68.6 Å². The number of aromatic hydroxyl groups is 1. The van der Waals surface area contributed by atoms with Crippen molar-refractivity contribution >= 4 is 22.7 Å². The first-order valence-corrected chi connectivity index (χ1v) is 15.9. The number of ketones is 1. The summed E-state index contributed by atoms with van der Waals surface area (Å²) in [5.41, 5.74) is -0.227. The number of benzene rings is 3. The van der Waals surface area contributed by atoms with Crippen LogP contribution in [0, 0.1) is 0 Å². The molecule has 0 amide bonds. The highest BCUT2D eigenvalue weighted by molar-refractivity contribution is 6.00. The maximum absolute atomic E-state index is 12.7. The van der Waals surface area contributed by atoms with Gasteiger partial charge in [0, 0.05) is 17.0 Å². The monoisotopic (exact) mass is 693 g/mol. The van der Waals surface area contributed by atoms with Crippen molar-refractivity contribution in [2.45, 2.75) is 61.2 Å². The number of nitrogens with one attached hydrogen (secondary N) is 1. The second kappa shape index (κ2) is 13.6. The van der Waals surface area contributed by atoms with Gasteiger partial charge in [0.2, 0.25) is 6.29 Å². The second-order valence-corrected chi connectivity index (χ2v) is 12.5. The first-order valence-electron chi connectivity index (χ1n) is 15.9. The Labute approximate surface area is 284 Å². The first kappa shape index (κ1) is 33.9. The zero-order chi connectivity index (χ0) is 35.2. The summed E-state index contributed by atoms with van der Waals surface area (Å²) in [6.07, 6.45) is -11.5. The lowest BCUT2D eigenvalue weighted by molar-refractivity contribution is -0.318. The Hall–Kier alpha value is -4.58. The van der Waals surface area contributed by atoms with Crippen molar-refractivity contribution in [1.82, 2.24) is 4.98 Å². The van der Waals surface area contributed by atoms with E-state index >= 15 is 0 Å². The molecule has 3 aromatic carbocycles. The summed E-state index contributed by atoms with van der Waals surface area (Å²) in [6, 6.07) is 19.5. The summed E-state index contributed by atoms with van der Waals surface area (Å²) in [5.74, 6) is -0.485. The SMILES string of the molecule is O=C(OC[C@@]1(O)CO[C@@H](O[C@H]2[C@H](Oc3ccc([C@@H]4CC(=O)c5ccc(O)cc5O4)cc3)O[C@H](CO)[C@@H](O)[C@@H]2O)[C@@H]1O)c1cc2ccccc2[nH]1. The molecule has 2 saturated heterocycles. The van der Waals surface area contributed by atoms with Gasteiger partial charge >= 0.3 is 5.97 Å². The Morgan fingerprint density at radius 2 is 1.76 bits per heavy atom. The van der Waals surface area contributed by atoms with Gasteiger partial charge in [-0.3, -0.25) is 4.79 Å². The molecule has 0 bridgehead atoms. The van der Waals surface area contributed by atoms with Crippen LogP contribution < -0.4 is 9.47 Å². The molecule has 15 heteroatoms. The quantitative estimate of drug-likeness (QED) is 0.122. The van der Waals surface area contributed by atoms with Gasteiger partial charge in [0.25, 0.3) is 0 Å². The summed E-state index contributed by atoms with van der Waals surface area (Å²) in [5, 5.41) is 64.1. The van der Waals surface area contributed by atoms with E-state index in [0.717, 1.165) is 5.39 Å². The van der Waals surface area contributed by atoms with Gasteiger partial charge in [-0.15, -0.1) is 0 Å². The highest BCUT2D eigenvalue weighted by atomic mass is 16.8. The van der Waals surface area contributed by atoms with Crippen molar-refractivity contribution in [3.05, 3.63) is 89.6 Å². The summed E-state index contributed by atoms with van der Waals surface area (Å²) in [4.78, 5) is 28.3. The molecule has 0 radical (unpaired) electrons. The Kier molecular flexibility index (Phi) is 9.23. The zero-order valence-corrected chi connectivity index (χ0v) is 26.3. The van der Waals surface area contributed by atoms with Crippen LogP contribution in [0.25, 0.3) is 10.9 Å². The molecule has 4 heterocycles. The average Bonchev–Trinajstić information content (AvgIpc) is 3.67. The standard InChI is InChI=1S/C35H35NO14/c37-14-27-28(40)29(41)30(50-34-31(42)35(44,16-46-34)15-45-32(43)23-11-18-3-1-2-4-22(18)36-23)33(49-27)47-20-8-5-17(6-9-20)25-13-24(39)21-10-7-19(38)12-26(21)48-25/h1-12,25,27-31,33-34,36-38,40-42,44H,13-16H2/t25-,27+,28+,29-,30+,31-,33+,34-,35+/m0/s1. The maximum Gasteiger partial charge on any atom is 0.354 e. The van der Waals surface area contributed by atoms with Gasteiger partial charge in [0.05, 0.1) is 25.2 Å². The van der Waals surface area contributed by atoms with Crippen LogP contribution in [-0.2, 0) is 18.9 Å².